The molecule has 2 N–H and O–H groups in total. The minimum atomic E-state index is -0.616. The molecule has 0 saturated carbocycles. The molecule has 0 spiro atoms. The van der Waals surface area contributed by atoms with Gasteiger partial charge in [-0.05, 0) is 62.3 Å². The number of ether oxygens (including phenoxy) is 3. The minimum Gasteiger partial charge on any atom is -0.504 e. The Bertz CT molecular complexity index is 1210. The number of thiophene rings is 1. The number of dihydropyridines is 1. The van der Waals surface area contributed by atoms with E-state index in [1.54, 1.807) is 29.5 Å². The summed E-state index contributed by atoms with van der Waals surface area (Å²) in [5.41, 5.74) is 3.21. The van der Waals surface area contributed by atoms with Gasteiger partial charge in [0.1, 0.15) is 6.61 Å². The first kappa shape index (κ1) is 24.6. The van der Waals surface area contributed by atoms with Crippen LogP contribution in [0.2, 0.25) is 0 Å². The van der Waals surface area contributed by atoms with Gasteiger partial charge in [-0.1, -0.05) is 12.1 Å². The van der Waals surface area contributed by atoms with Crippen molar-refractivity contribution in [2.24, 2.45) is 0 Å². The van der Waals surface area contributed by atoms with Crippen LogP contribution in [-0.4, -0.2) is 42.8 Å². The fourth-order valence-electron chi connectivity index (χ4n) is 5.37. The number of carbonyl (C=O) groups excluding carboxylic acids is 2. The molecular formula is C28H31NO6S. The number of nitrogens with one attached hydrogen (secondary N) is 1. The Balaban J connectivity index is 1.53. The summed E-state index contributed by atoms with van der Waals surface area (Å²) < 4.78 is 16.9. The van der Waals surface area contributed by atoms with Crippen LogP contribution in [-0.2, 0) is 19.1 Å². The zero-order valence-electron chi connectivity index (χ0n) is 20.5. The summed E-state index contributed by atoms with van der Waals surface area (Å²) in [6.07, 6.45) is 2.79. The lowest BCUT2D eigenvalue weighted by molar-refractivity contribution is -0.142. The van der Waals surface area contributed by atoms with Crippen LogP contribution in [0.1, 0.15) is 61.8 Å². The number of phenols is 1. The average molecular weight is 510 g/mol. The SMILES string of the molecule is CCOc1cc([C@@H]2C(C(=O)OC[C@@H]3CCCO3)=C(C)NC3=C2C(=O)C[C@@H](c2cccs2)C3)ccc1O. The van der Waals surface area contributed by atoms with Gasteiger partial charge in [-0.25, -0.2) is 4.79 Å². The molecular weight excluding hydrogens is 478 g/mol. The van der Waals surface area contributed by atoms with Crippen molar-refractivity contribution >= 4 is 23.1 Å². The van der Waals surface area contributed by atoms with E-state index in [-0.39, 0.29) is 30.2 Å². The maximum absolute atomic E-state index is 13.7. The number of benzene rings is 1. The molecule has 3 aliphatic rings. The van der Waals surface area contributed by atoms with Crippen molar-refractivity contribution in [3.63, 3.8) is 0 Å². The van der Waals surface area contributed by atoms with Crippen LogP contribution < -0.4 is 10.1 Å². The Morgan fingerprint density at radius 3 is 2.86 bits per heavy atom. The highest BCUT2D eigenvalue weighted by Crippen LogP contribution is 2.47. The van der Waals surface area contributed by atoms with Crippen LogP contribution in [0.5, 0.6) is 11.5 Å². The number of allylic oxidation sites excluding steroid dienone is 3. The first-order valence-corrected chi connectivity index (χ1v) is 13.4. The molecule has 7 nitrogen and oxygen atoms in total. The van der Waals surface area contributed by atoms with E-state index in [0.29, 0.717) is 54.2 Å². The largest absolute Gasteiger partial charge is 0.504 e. The van der Waals surface area contributed by atoms with Crippen molar-refractivity contribution in [3.05, 3.63) is 68.7 Å². The first-order valence-electron chi connectivity index (χ1n) is 12.5. The number of esters is 1. The second-order valence-corrected chi connectivity index (χ2v) is 10.4. The van der Waals surface area contributed by atoms with E-state index in [1.165, 1.54) is 4.88 Å². The number of hydrogen-bond donors (Lipinski definition) is 2. The van der Waals surface area contributed by atoms with Gasteiger partial charge in [-0.2, -0.15) is 0 Å². The number of Topliss-reactive ketones (excluding diaryl/α,β-unsaturated/α-hetero) is 1. The standard InChI is InChI=1S/C28H31NO6S/c1-3-33-23-14-17(8-9-21(23)30)26-25(28(32)35-15-19-6-4-10-34-19)16(2)29-20-12-18(13-22(31)27(20)26)24-7-5-11-36-24/h5,7-9,11,14,18-19,26,29-30H,3-4,6,10,12-13,15H2,1-2H3/t18-,19-,26+/m0/s1. The van der Waals surface area contributed by atoms with Crippen LogP contribution >= 0.6 is 11.3 Å². The summed E-state index contributed by atoms with van der Waals surface area (Å²) in [6.45, 7) is 4.93. The van der Waals surface area contributed by atoms with Gasteiger partial charge in [0.2, 0.25) is 0 Å². The van der Waals surface area contributed by atoms with E-state index in [2.05, 4.69) is 11.4 Å². The molecule has 190 valence electrons. The molecule has 2 aromatic rings. The summed E-state index contributed by atoms with van der Waals surface area (Å²) in [5, 5.41) is 15.7. The van der Waals surface area contributed by atoms with Crippen LogP contribution in [0.3, 0.4) is 0 Å². The Morgan fingerprint density at radius 1 is 1.28 bits per heavy atom. The third-order valence-corrected chi connectivity index (χ3v) is 8.07. The van der Waals surface area contributed by atoms with Crippen LogP contribution in [0, 0.1) is 0 Å². The van der Waals surface area contributed by atoms with Crippen LogP contribution in [0.25, 0.3) is 0 Å². The Labute approximate surface area is 214 Å². The zero-order chi connectivity index (χ0) is 25.2. The minimum absolute atomic E-state index is 0.00936. The van der Waals surface area contributed by atoms with Gasteiger partial charge in [-0.15, -0.1) is 11.3 Å². The number of phenolic OH excluding ortho intramolecular Hbond substituents is 1. The lowest BCUT2D eigenvalue weighted by Crippen LogP contribution is -2.36. The normalized spacial score (nSPS) is 23.9. The molecule has 1 aromatic carbocycles. The predicted octanol–water partition coefficient (Wildman–Crippen LogP) is 4.94. The molecule has 0 bridgehead atoms. The molecule has 0 amide bonds. The number of carbonyl (C=O) groups is 2. The lowest BCUT2D eigenvalue weighted by atomic mass is 9.72. The van der Waals surface area contributed by atoms with Crippen molar-refractivity contribution in [2.75, 3.05) is 19.8 Å². The Kier molecular flexibility index (Phi) is 7.16. The van der Waals surface area contributed by atoms with Crippen molar-refractivity contribution in [3.8, 4) is 11.5 Å². The lowest BCUT2D eigenvalue weighted by Gasteiger charge is -2.36. The number of ketones is 1. The molecule has 1 fully saturated rings. The van der Waals surface area contributed by atoms with Gasteiger partial charge in [0.05, 0.1) is 18.3 Å². The summed E-state index contributed by atoms with van der Waals surface area (Å²) in [5.74, 6) is -0.639. The van der Waals surface area contributed by atoms with Gasteiger partial charge in [0.15, 0.2) is 17.3 Å². The van der Waals surface area contributed by atoms with Crippen molar-refractivity contribution < 1.29 is 28.9 Å². The molecule has 36 heavy (non-hydrogen) atoms. The summed E-state index contributed by atoms with van der Waals surface area (Å²) in [7, 11) is 0. The molecule has 3 heterocycles. The van der Waals surface area contributed by atoms with Gasteiger partial charge < -0.3 is 24.6 Å². The predicted molar refractivity (Wildman–Crippen MR) is 136 cm³/mol. The molecule has 3 atom stereocenters. The monoisotopic (exact) mass is 509 g/mol. The molecule has 0 unspecified atom stereocenters. The van der Waals surface area contributed by atoms with E-state index in [9.17, 15) is 14.7 Å². The molecule has 0 radical (unpaired) electrons. The molecule has 1 aromatic heterocycles. The van der Waals surface area contributed by atoms with Gasteiger partial charge >= 0.3 is 5.97 Å². The van der Waals surface area contributed by atoms with Gasteiger partial charge in [0.25, 0.3) is 0 Å². The number of rotatable bonds is 7. The van der Waals surface area contributed by atoms with Crippen LogP contribution in [0.4, 0.5) is 0 Å². The smallest absolute Gasteiger partial charge is 0.336 e. The van der Waals surface area contributed by atoms with Gasteiger partial charge in [-0.3, -0.25) is 4.79 Å². The quantitative estimate of drug-likeness (QED) is 0.511. The first-order chi connectivity index (χ1) is 17.5. The fourth-order valence-corrected chi connectivity index (χ4v) is 6.20. The number of hydrogen-bond acceptors (Lipinski definition) is 8. The topological polar surface area (TPSA) is 94.1 Å². The molecule has 5 rings (SSSR count). The van der Waals surface area contributed by atoms with Crippen molar-refractivity contribution in [1.82, 2.24) is 5.32 Å². The highest BCUT2D eigenvalue weighted by atomic mass is 32.1. The van der Waals surface area contributed by atoms with Crippen LogP contribution in [0.15, 0.2) is 58.3 Å². The third-order valence-electron chi connectivity index (χ3n) is 7.03. The molecule has 1 saturated heterocycles. The van der Waals surface area contributed by atoms with E-state index in [0.717, 1.165) is 18.5 Å². The van der Waals surface area contributed by atoms with Crippen molar-refractivity contribution in [2.45, 2.75) is 57.5 Å². The second kappa shape index (κ2) is 10.5. The number of aromatic hydroxyl groups is 1. The molecule has 2 aliphatic heterocycles. The maximum atomic E-state index is 13.7. The maximum Gasteiger partial charge on any atom is 0.336 e. The van der Waals surface area contributed by atoms with E-state index >= 15 is 0 Å². The Morgan fingerprint density at radius 2 is 2.14 bits per heavy atom. The fraction of sp³-hybridized carbons (Fsp3) is 0.429. The molecule has 8 heteroatoms. The second-order valence-electron chi connectivity index (χ2n) is 9.43. The average Bonchev–Trinajstić information content (AvgIpc) is 3.58. The Hall–Kier alpha value is -3.10. The highest BCUT2D eigenvalue weighted by Gasteiger charge is 2.42. The zero-order valence-corrected chi connectivity index (χ0v) is 21.4. The third kappa shape index (κ3) is 4.80. The molecule has 1 aliphatic carbocycles. The van der Waals surface area contributed by atoms with Gasteiger partial charge in [0, 0.05) is 46.7 Å². The van der Waals surface area contributed by atoms with E-state index in [1.807, 2.05) is 25.3 Å². The summed E-state index contributed by atoms with van der Waals surface area (Å²) >= 11 is 1.66. The van der Waals surface area contributed by atoms with E-state index < -0.39 is 11.9 Å². The highest BCUT2D eigenvalue weighted by molar-refractivity contribution is 7.10. The summed E-state index contributed by atoms with van der Waals surface area (Å²) in [6, 6.07) is 9.09. The summed E-state index contributed by atoms with van der Waals surface area (Å²) in [4.78, 5) is 28.3. The van der Waals surface area contributed by atoms with Crippen molar-refractivity contribution in [1.29, 1.82) is 0 Å². The van der Waals surface area contributed by atoms with E-state index in [4.69, 9.17) is 14.2 Å².